The molecule has 0 aliphatic heterocycles. The molecule has 0 bridgehead atoms. The molecule has 0 radical (unpaired) electrons. The third-order valence-electron chi connectivity index (χ3n) is 14.7. The Morgan fingerprint density at radius 2 is 1.00 bits per heavy atom. The second-order valence-corrected chi connectivity index (χ2v) is 25.6. The minimum absolute atomic E-state index is 0.0777. The number of benzene rings is 7. The summed E-state index contributed by atoms with van der Waals surface area (Å²) in [6, 6.07) is 54.0. The number of rotatable bonds is 7. The smallest absolute Gasteiger partial charge is 0.244 e. The summed E-state index contributed by atoms with van der Waals surface area (Å²) < 4.78 is 38.5. The van der Waals surface area contributed by atoms with Crippen molar-refractivity contribution >= 4 is 32.8 Å². The lowest BCUT2D eigenvalue weighted by atomic mass is 9.76. The lowest BCUT2D eigenvalue weighted by Crippen LogP contribution is -2.26. The Hall–Kier alpha value is -7.24. The molecule has 3 aromatic heterocycles. The van der Waals surface area contributed by atoms with Crippen molar-refractivity contribution in [3.63, 3.8) is 0 Å². The monoisotopic (exact) mass is 978 g/mol. The Balaban J connectivity index is 1.29. The maximum absolute atomic E-state index is 8.64. The van der Waals surface area contributed by atoms with Crippen molar-refractivity contribution in [2.75, 3.05) is 0 Å². The van der Waals surface area contributed by atoms with Crippen LogP contribution >= 0.6 is 0 Å². The van der Waals surface area contributed by atoms with Gasteiger partial charge in [-0.3, -0.25) is 4.57 Å². The van der Waals surface area contributed by atoms with E-state index in [9.17, 15) is 0 Å². The highest BCUT2D eigenvalue weighted by molar-refractivity contribution is 6.09. The summed E-state index contributed by atoms with van der Waals surface area (Å²) in [5.74, 6) is 2.06. The second-order valence-electron chi connectivity index (χ2n) is 25.6. The second kappa shape index (κ2) is 18.0. The first-order chi connectivity index (χ1) is 35.9. The number of ether oxygens (including phenoxy) is 1. The van der Waals surface area contributed by atoms with Crippen molar-refractivity contribution in [2.24, 2.45) is 6.98 Å². The van der Waals surface area contributed by atoms with Gasteiger partial charge in [-0.15, -0.1) is 0 Å². The van der Waals surface area contributed by atoms with Gasteiger partial charge < -0.3 is 13.9 Å². The first kappa shape index (κ1) is 46.5. The maximum atomic E-state index is 8.64. The molecule has 5 nitrogen and oxygen atoms in total. The molecule has 0 aliphatic rings. The average Bonchev–Trinajstić information content (AvgIpc) is 4.07. The van der Waals surface area contributed by atoms with Crippen LogP contribution in [0, 0.1) is 6.33 Å². The number of fused-ring (bicyclic) bond motifs is 4. The van der Waals surface area contributed by atoms with E-state index in [-0.39, 0.29) is 27.1 Å². The van der Waals surface area contributed by atoms with Gasteiger partial charge in [-0.25, -0.2) is 4.98 Å². The molecular formula is C69H74N4O. The average molecular weight is 978 g/mol. The maximum Gasteiger partial charge on any atom is 0.244 e. The van der Waals surface area contributed by atoms with Crippen LogP contribution in [0.3, 0.4) is 0 Å². The van der Waals surface area contributed by atoms with Crippen LogP contribution in [0.1, 0.15) is 136 Å². The third-order valence-corrected chi connectivity index (χ3v) is 14.7. The molecule has 0 saturated heterocycles. The van der Waals surface area contributed by atoms with E-state index in [1.165, 1.54) is 32.4 Å². The first-order valence-corrected chi connectivity index (χ1v) is 26.2. The molecule has 3 heterocycles. The highest BCUT2D eigenvalue weighted by atomic mass is 16.5. The highest BCUT2D eigenvalue weighted by Gasteiger charge is 2.27. The third kappa shape index (κ3) is 9.58. The zero-order valence-corrected chi connectivity index (χ0v) is 46.2. The topological polar surface area (TPSA) is 35.9 Å². The summed E-state index contributed by atoms with van der Waals surface area (Å²) in [5.41, 5.74) is 16.0. The van der Waals surface area contributed by atoms with Crippen molar-refractivity contribution in [3.8, 4) is 56.4 Å². The van der Waals surface area contributed by atoms with Crippen molar-refractivity contribution in [1.29, 1.82) is 0 Å². The van der Waals surface area contributed by atoms with Crippen LogP contribution in [-0.2, 0) is 34.1 Å². The van der Waals surface area contributed by atoms with Crippen LogP contribution in [0.4, 0.5) is 0 Å². The lowest BCUT2D eigenvalue weighted by Gasteiger charge is -2.28. The molecule has 0 saturated carbocycles. The normalized spacial score (nSPS) is 13.6. The number of hydrogen-bond donors (Lipinski definition) is 0. The van der Waals surface area contributed by atoms with Crippen LogP contribution in [0.5, 0.6) is 11.5 Å². The van der Waals surface area contributed by atoms with Crippen LogP contribution in [0.2, 0.25) is 0 Å². The van der Waals surface area contributed by atoms with Crippen LogP contribution in [0.15, 0.2) is 158 Å². The molecule has 0 N–H and O–H groups in total. The molecule has 0 spiro atoms. The number of pyridine rings is 1. The molecule has 5 heteroatoms. The van der Waals surface area contributed by atoms with Crippen molar-refractivity contribution in [3.05, 3.63) is 192 Å². The lowest BCUT2D eigenvalue weighted by molar-refractivity contribution is -0.649. The van der Waals surface area contributed by atoms with E-state index in [2.05, 4.69) is 230 Å². The van der Waals surface area contributed by atoms with Gasteiger partial charge in [-0.05, 0) is 137 Å². The Labute approximate surface area is 444 Å². The van der Waals surface area contributed by atoms with Gasteiger partial charge in [0.1, 0.15) is 17.3 Å². The van der Waals surface area contributed by atoms with Gasteiger partial charge in [0.05, 0.1) is 38.8 Å². The fourth-order valence-electron chi connectivity index (χ4n) is 10.2. The van der Waals surface area contributed by atoms with Crippen LogP contribution < -0.4 is 9.30 Å². The summed E-state index contributed by atoms with van der Waals surface area (Å²) in [5, 5.41) is 2.21. The van der Waals surface area contributed by atoms with Crippen LogP contribution in [0.25, 0.3) is 77.7 Å². The van der Waals surface area contributed by atoms with Gasteiger partial charge >= 0.3 is 0 Å². The molecule has 74 heavy (non-hydrogen) atoms. The van der Waals surface area contributed by atoms with Crippen LogP contribution in [-0.4, -0.2) is 14.1 Å². The molecular weight excluding hydrogens is 901 g/mol. The fraction of sp³-hybridized carbons (Fsp3) is 0.304. The zero-order valence-electron chi connectivity index (χ0n) is 49.2. The fourth-order valence-corrected chi connectivity index (χ4v) is 10.2. The summed E-state index contributed by atoms with van der Waals surface area (Å²) in [6.45, 7) is 31.6. The van der Waals surface area contributed by atoms with E-state index in [1.54, 1.807) is 0 Å². The summed E-state index contributed by atoms with van der Waals surface area (Å²) >= 11 is 0. The SMILES string of the molecule is [2H]C([2H])([2H])[n+]1[c-]n(-c2cc(Oc3ccc4c5ccccc5n(-c5cc(C(C)(C)C)ccn5)c4c3)cc(-c3c(-c4cc(C(C)(C)C)cc(C(C)(C)C)c4)cccc3-c3cc(C(C)(C)C)cc(C(C)(C)C)c3)c2)c2ccccc21. The molecule has 0 unspecified atom stereocenters. The highest BCUT2D eigenvalue weighted by Crippen LogP contribution is 2.47. The van der Waals surface area contributed by atoms with Gasteiger partial charge in [0.2, 0.25) is 6.33 Å². The molecule has 10 rings (SSSR count). The zero-order chi connectivity index (χ0) is 55.4. The summed E-state index contributed by atoms with van der Waals surface area (Å²) in [4.78, 5) is 4.96. The number of hydrogen-bond acceptors (Lipinski definition) is 2. The molecule has 0 amide bonds. The Kier molecular flexibility index (Phi) is 11.3. The standard InChI is InChI=1S/C69H74N4O/c1-65(2,3)47-30-31-70-63(40-47)73-59-25-18-17-22-57(59)58-29-28-53(42-62(58)73)74-54-37-46(36-52(41-54)72-43-71(16)60-26-19-20-27-61(60)72)64-55(44-32-48(66(4,5)6)38-49(33-44)67(7,8)9)23-21-24-56(64)45-34-50(68(10,11)12)39-51(35-45)69(13,14)15/h17-42H,1-16H3/i16D3. The predicted octanol–water partition coefficient (Wildman–Crippen LogP) is 18.0. The van der Waals surface area contributed by atoms with Crippen molar-refractivity contribution < 1.29 is 13.4 Å². The van der Waals surface area contributed by atoms with E-state index >= 15 is 0 Å². The number of nitrogens with zero attached hydrogens (tertiary/aromatic N) is 4. The van der Waals surface area contributed by atoms with Crippen molar-refractivity contribution in [1.82, 2.24) is 14.1 Å². The van der Waals surface area contributed by atoms with E-state index in [0.29, 0.717) is 28.2 Å². The van der Waals surface area contributed by atoms with E-state index in [1.807, 2.05) is 47.2 Å². The molecule has 7 aromatic carbocycles. The summed E-state index contributed by atoms with van der Waals surface area (Å²) in [7, 11) is 0. The Morgan fingerprint density at radius 3 is 1.57 bits per heavy atom. The predicted molar refractivity (Wildman–Crippen MR) is 312 cm³/mol. The Bertz CT molecular complexity index is 3750. The minimum Gasteiger partial charge on any atom is -0.458 e. The first-order valence-electron chi connectivity index (χ1n) is 27.7. The van der Waals surface area contributed by atoms with E-state index in [4.69, 9.17) is 13.8 Å². The van der Waals surface area contributed by atoms with Gasteiger partial charge in [-0.2, -0.15) is 0 Å². The number of aromatic nitrogens is 4. The molecule has 0 fully saturated rings. The summed E-state index contributed by atoms with van der Waals surface area (Å²) in [6.07, 6.45) is 5.19. The van der Waals surface area contributed by atoms with Crippen molar-refractivity contribution in [2.45, 2.75) is 131 Å². The largest absolute Gasteiger partial charge is 0.458 e. The molecule has 10 aromatic rings. The Morgan fingerprint density at radius 1 is 0.459 bits per heavy atom. The quantitative estimate of drug-likeness (QED) is 0.118. The van der Waals surface area contributed by atoms with E-state index < -0.39 is 6.98 Å². The molecule has 0 aliphatic carbocycles. The molecule has 0 atom stereocenters. The molecule has 376 valence electrons. The van der Waals surface area contributed by atoms with Gasteiger partial charge in [0.15, 0.2) is 0 Å². The number of para-hydroxylation sites is 3. The van der Waals surface area contributed by atoms with Gasteiger partial charge in [0.25, 0.3) is 0 Å². The number of aryl methyl sites for hydroxylation is 1. The minimum atomic E-state index is -2.48. The number of imidazole rings is 1. The van der Waals surface area contributed by atoms with E-state index in [0.717, 1.165) is 61.0 Å². The van der Waals surface area contributed by atoms with Gasteiger partial charge in [-0.1, -0.05) is 201 Å². The van der Waals surface area contributed by atoms with Gasteiger partial charge in [0, 0.05) is 23.0 Å².